The van der Waals surface area contributed by atoms with Crippen molar-refractivity contribution in [1.82, 2.24) is 24.6 Å². The minimum atomic E-state index is -0.307. The highest BCUT2D eigenvalue weighted by molar-refractivity contribution is 7.21. The van der Waals surface area contributed by atoms with Crippen LogP contribution in [0.25, 0.3) is 20.8 Å². The van der Waals surface area contributed by atoms with Crippen LogP contribution in [0.1, 0.15) is 19.5 Å². The number of hydrogen-bond acceptors (Lipinski definition) is 6. The normalized spacial score (nSPS) is 15.4. The van der Waals surface area contributed by atoms with E-state index in [1.165, 1.54) is 16.0 Å². The predicted octanol–water partition coefficient (Wildman–Crippen LogP) is 2.38. The third-order valence-electron chi connectivity index (χ3n) is 5.37. The minimum absolute atomic E-state index is 0.0461. The number of carbonyl (C=O) groups excluding carboxylic acids is 1. The average Bonchev–Trinajstić information content (AvgIpc) is 3.19. The van der Waals surface area contributed by atoms with Gasteiger partial charge in [0.2, 0.25) is 5.91 Å². The number of carbonyl (C=O) groups is 1. The van der Waals surface area contributed by atoms with E-state index in [1.807, 2.05) is 42.2 Å². The van der Waals surface area contributed by atoms with Crippen molar-refractivity contribution in [2.75, 3.05) is 26.2 Å². The Bertz CT molecular complexity index is 1080. The second kappa shape index (κ2) is 8.04. The number of fused-ring (bicyclic) bond motifs is 1. The van der Waals surface area contributed by atoms with Crippen molar-refractivity contribution < 1.29 is 4.79 Å². The molecule has 0 unspecified atom stereocenters. The van der Waals surface area contributed by atoms with Gasteiger partial charge in [0, 0.05) is 37.8 Å². The first-order valence-electron chi connectivity index (χ1n) is 9.89. The molecule has 0 aliphatic carbocycles. The zero-order valence-corrected chi connectivity index (χ0v) is 17.8. The Kier molecular flexibility index (Phi) is 5.47. The molecule has 1 aromatic carbocycles. The minimum Gasteiger partial charge on any atom is -0.339 e. The summed E-state index contributed by atoms with van der Waals surface area (Å²) >= 11 is 1.46. The monoisotopic (exact) mass is 411 g/mol. The molecule has 7 nitrogen and oxygen atoms in total. The quantitative estimate of drug-likeness (QED) is 0.659. The van der Waals surface area contributed by atoms with Gasteiger partial charge in [-0.05, 0) is 20.8 Å². The van der Waals surface area contributed by atoms with Crippen LogP contribution in [0, 0.1) is 6.92 Å². The maximum Gasteiger partial charge on any atom is 0.294 e. The Morgan fingerprint density at radius 2 is 1.83 bits per heavy atom. The van der Waals surface area contributed by atoms with Crippen LogP contribution >= 0.6 is 11.3 Å². The van der Waals surface area contributed by atoms with Crippen LogP contribution in [-0.2, 0) is 11.3 Å². The Labute approximate surface area is 173 Å². The van der Waals surface area contributed by atoms with E-state index in [9.17, 15) is 9.59 Å². The SMILES string of the molecule is Cc1nn(CC(=O)N2CCN(C(C)C)CC2)c(=O)c2nc(-c3ccccc3)sc12. The standard InChI is InChI=1S/C21H25N5O2S/c1-14(2)24-9-11-25(12-10-24)17(27)13-26-21(28)18-19(15(3)23-26)29-20(22-18)16-7-5-4-6-8-16/h4-8,14H,9-13H2,1-3H3. The van der Waals surface area contributed by atoms with Crippen molar-refractivity contribution in [3.8, 4) is 10.6 Å². The van der Waals surface area contributed by atoms with Gasteiger partial charge in [-0.15, -0.1) is 11.3 Å². The van der Waals surface area contributed by atoms with E-state index in [2.05, 4.69) is 28.8 Å². The second-order valence-electron chi connectivity index (χ2n) is 7.62. The van der Waals surface area contributed by atoms with Crippen LogP contribution in [0.5, 0.6) is 0 Å². The molecule has 152 valence electrons. The molecular formula is C21H25N5O2S. The number of thiazole rings is 1. The van der Waals surface area contributed by atoms with E-state index in [0.717, 1.165) is 34.1 Å². The molecule has 4 rings (SSSR count). The van der Waals surface area contributed by atoms with E-state index in [1.54, 1.807) is 0 Å². The van der Waals surface area contributed by atoms with Crippen LogP contribution < -0.4 is 5.56 Å². The third-order valence-corrected chi connectivity index (χ3v) is 6.58. The molecule has 1 amide bonds. The fraction of sp³-hybridized carbons (Fsp3) is 0.429. The summed E-state index contributed by atoms with van der Waals surface area (Å²) in [5.74, 6) is -0.0692. The second-order valence-corrected chi connectivity index (χ2v) is 8.62. The summed E-state index contributed by atoms with van der Waals surface area (Å²) in [6, 6.07) is 10.3. The molecule has 1 saturated heterocycles. The lowest BCUT2D eigenvalue weighted by molar-refractivity contribution is -0.134. The highest BCUT2D eigenvalue weighted by atomic mass is 32.1. The highest BCUT2D eigenvalue weighted by Crippen LogP contribution is 2.29. The zero-order chi connectivity index (χ0) is 20.5. The van der Waals surface area contributed by atoms with Gasteiger partial charge in [0.15, 0.2) is 5.52 Å². The third kappa shape index (κ3) is 3.95. The van der Waals surface area contributed by atoms with Crippen molar-refractivity contribution in [1.29, 1.82) is 0 Å². The Morgan fingerprint density at radius 3 is 2.48 bits per heavy atom. The first-order valence-corrected chi connectivity index (χ1v) is 10.7. The lowest BCUT2D eigenvalue weighted by Gasteiger charge is -2.36. The van der Waals surface area contributed by atoms with Gasteiger partial charge in [0.05, 0.1) is 10.4 Å². The lowest BCUT2D eigenvalue weighted by Crippen LogP contribution is -2.51. The first kappa shape index (κ1) is 19.7. The topological polar surface area (TPSA) is 71.3 Å². The summed E-state index contributed by atoms with van der Waals surface area (Å²) in [6.45, 7) is 9.22. The van der Waals surface area contributed by atoms with Gasteiger partial charge in [-0.3, -0.25) is 14.5 Å². The highest BCUT2D eigenvalue weighted by Gasteiger charge is 2.24. The summed E-state index contributed by atoms with van der Waals surface area (Å²) in [5.41, 5.74) is 1.77. The molecule has 1 aliphatic rings. The van der Waals surface area contributed by atoms with Gasteiger partial charge >= 0.3 is 0 Å². The van der Waals surface area contributed by atoms with Gasteiger partial charge in [0.1, 0.15) is 11.6 Å². The maximum absolute atomic E-state index is 13.0. The number of hydrogen-bond donors (Lipinski definition) is 0. The van der Waals surface area contributed by atoms with Gasteiger partial charge in [-0.2, -0.15) is 5.10 Å². The number of benzene rings is 1. The van der Waals surface area contributed by atoms with Crippen molar-refractivity contribution in [2.24, 2.45) is 0 Å². The molecule has 0 radical (unpaired) electrons. The van der Waals surface area contributed by atoms with Crippen molar-refractivity contribution >= 4 is 27.5 Å². The van der Waals surface area contributed by atoms with Gasteiger partial charge in [0.25, 0.3) is 5.56 Å². The molecule has 29 heavy (non-hydrogen) atoms. The fourth-order valence-corrected chi connectivity index (χ4v) is 4.63. The van der Waals surface area contributed by atoms with E-state index < -0.39 is 0 Å². The summed E-state index contributed by atoms with van der Waals surface area (Å²) in [4.78, 5) is 34.5. The molecule has 1 fully saturated rings. The number of nitrogens with zero attached hydrogens (tertiary/aromatic N) is 5. The number of aryl methyl sites for hydroxylation is 1. The zero-order valence-electron chi connectivity index (χ0n) is 17.0. The molecule has 0 spiro atoms. The summed E-state index contributed by atoms with van der Waals surface area (Å²) < 4.78 is 2.05. The largest absolute Gasteiger partial charge is 0.339 e. The van der Waals surface area contributed by atoms with Crippen molar-refractivity contribution in [2.45, 2.75) is 33.4 Å². The van der Waals surface area contributed by atoms with Crippen LogP contribution in [0.15, 0.2) is 35.1 Å². The summed E-state index contributed by atoms with van der Waals surface area (Å²) in [7, 11) is 0. The van der Waals surface area contributed by atoms with Crippen molar-refractivity contribution in [3.05, 3.63) is 46.4 Å². The van der Waals surface area contributed by atoms with Crippen LogP contribution in [0.2, 0.25) is 0 Å². The molecule has 0 bridgehead atoms. The molecule has 3 aromatic rings. The van der Waals surface area contributed by atoms with Crippen LogP contribution in [0.3, 0.4) is 0 Å². The van der Waals surface area contributed by atoms with E-state index in [-0.39, 0.29) is 18.0 Å². The molecular weight excluding hydrogens is 386 g/mol. The van der Waals surface area contributed by atoms with Crippen molar-refractivity contribution in [3.63, 3.8) is 0 Å². The predicted molar refractivity (Wildman–Crippen MR) is 115 cm³/mol. The Hall–Kier alpha value is -2.58. The Balaban J connectivity index is 1.58. The van der Waals surface area contributed by atoms with Crippen LogP contribution in [0.4, 0.5) is 0 Å². The van der Waals surface area contributed by atoms with Gasteiger partial charge in [-0.25, -0.2) is 9.67 Å². The van der Waals surface area contributed by atoms with Crippen LogP contribution in [-0.4, -0.2) is 62.7 Å². The fourth-order valence-electron chi connectivity index (χ4n) is 3.63. The van der Waals surface area contributed by atoms with Gasteiger partial charge < -0.3 is 4.90 Å². The van der Waals surface area contributed by atoms with E-state index in [0.29, 0.717) is 24.6 Å². The molecule has 3 heterocycles. The van der Waals surface area contributed by atoms with Gasteiger partial charge in [-0.1, -0.05) is 30.3 Å². The number of rotatable bonds is 4. The molecule has 2 aromatic heterocycles. The number of aromatic nitrogens is 3. The molecule has 0 atom stereocenters. The summed E-state index contributed by atoms with van der Waals surface area (Å²) in [5, 5.41) is 5.19. The first-order chi connectivity index (χ1) is 13.9. The molecule has 0 saturated carbocycles. The molecule has 1 aliphatic heterocycles. The number of piperazine rings is 1. The van der Waals surface area contributed by atoms with E-state index in [4.69, 9.17) is 0 Å². The molecule has 8 heteroatoms. The molecule has 0 N–H and O–H groups in total. The lowest BCUT2D eigenvalue weighted by atomic mass is 10.2. The van der Waals surface area contributed by atoms with E-state index >= 15 is 0 Å². The average molecular weight is 412 g/mol. The summed E-state index contributed by atoms with van der Waals surface area (Å²) in [6.07, 6.45) is 0. The number of amides is 1. The Morgan fingerprint density at radius 1 is 1.14 bits per heavy atom. The smallest absolute Gasteiger partial charge is 0.294 e. The maximum atomic E-state index is 13.0.